The molecule has 2 rings (SSSR count). The first-order valence-corrected chi connectivity index (χ1v) is 9.48. The van der Waals surface area contributed by atoms with Gasteiger partial charge >= 0.3 is 0 Å². The second kappa shape index (κ2) is 9.89. The highest BCUT2D eigenvalue weighted by Gasteiger charge is 2.19. The Morgan fingerprint density at radius 1 is 1.13 bits per heavy atom. The fourth-order valence-corrected chi connectivity index (χ4v) is 3.72. The first kappa shape index (κ1) is 18.2. The second-order valence-corrected chi connectivity index (χ2v) is 6.75. The van der Waals surface area contributed by atoms with E-state index in [0.717, 1.165) is 24.7 Å². The van der Waals surface area contributed by atoms with Gasteiger partial charge in [-0.1, -0.05) is 63.4 Å². The Morgan fingerprint density at radius 2 is 1.78 bits per heavy atom. The molecule has 0 aliphatic heterocycles. The van der Waals surface area contributed by atoms with E-state index in [4.69, 9.17) is 12.2 Å². The first-order valence-electron chi connectivity index (χ1n) is 9.08. The molecule has 23 heavy (non-hydrogen) atoms. The lowest BCUT2D eigenvalue weighted by Gasteiger charge is -2.31. The lowest BCUT2D eigenvalue weighted by Crippen LogP contribution is -2.46. The highest BCUT2D eigenvalue weighted by molar-refractivity contribution is 7.80. The molecule has 1 saturated carbocycles. The second-order valence-electron chi connectivity index (χ2n) is 6.34. The van der Waals surface area contributed by atoms with Gasteiger partial charge in [0, 0.05) is 12.6 Å². The number of nitrogens with one attached hydrogen (secondary N) is 2. The number of hydrogen-bond donors (Lipinski definition) is 2. The zero-order valence-corrected chi connectivity index (χ0v) is 15.4. The number of nitrogens with zero attached hydrogens (tertiary/aromatic N) is 1. The minimum absolute atomic E-state index is 0.359. The molecule has 4 heteroatoms. The van der Waals surface area contributed by atoms with Crippen molar-refractivity contribution in [2.75, 3.05) is 19.6 Å². The van der Waals surface area contributed by atoms with Crippen LogP contribution in [-0.2, 0) is 0 Å². The van der Waals surface area contributed by atoms with Crippen LogP contribution in [0.1, 0.15) is 57.6 Å². The van der Waals surface area contributed by atoms with Crippen molar-refractivity contribution >= 4 is 17.3 Å². The third kappa shape index (κ3) is 5.78. The average Bonchev–Trinajstić information content (AvgIpc) is 2.60. The topological polar surface area (TPSA) is 27.3 Å². The fraction of sp³-hybridized carbons (Fsp3) is 0.632. The van der Waals surface area contributed by atoms with Crippen molar-refractivity contribution in [3.8, 4) is 0 Å². The highest BCUT2D eigenvalue weighted by Crippen LogP contribution is 2.20. The average molecular weight is 334 g/mol. The van der Waals surface area contributed by atoms with Crippen LogP contribution in [0.5, 0.6) is 0 Å². The number of likely N-dealkylation sites (N-methyl/N-ethyl adjacent to an activating group) is 1. The summed E-state index contributed by atoms with van der Waals surface area (Å²) in [6.45, 7) is 7.38. The van der Waals surface area contributed by atoms with Crippen LogP contribution in [0.4, 0.5) is 0 Å². The van der Waals surface area contributed by atoms with Gasteiger partial charge < -0.3 is 10.6 Å². The maximum atomic E-state index is 5.52. The molecule has 3 nitrogen and oxygen atoms in total. The maximum Gasteiger partial charge on any atom is 0.166 e. The van der Waals surface area contributed by atoms with Gasteiger partial charge in [0.1, 0.15) is 0 Å². The summed E-state index contributed by atoms with van der Waals surface area (Å²) in [6.07, 6.45) is 6.52. The van der Waals surface area contributed by atoms with Crippen LogP contribution in [0.3, 0.4) is 0 Å². The van der Waals surface area contributed by atoms with Crippen molar-refractivity contribution in [2.45, 2.75) is 58.0 Å². The molecule has 0 unspecified atom stereocenters. The number of thiocarbonyl (C=S) groups is 1. The predicted octanol–water partition coefficient (Wildman–Crippen LogP) is 3.87. The summed E-state index contributed by atoms with van der Waals surface area (Å²) in [5.74, 6) is 0. The third-order valence-electron chi connectivity index (χ3n) is 4.83. The molecule has 1 atom stereocenters. The molecule has 1 aromatic carbocycles. The van der Waals surface area contributed by atoms with E-state index in [-0.39, 0.29) is 0 Å². The SMILES string of the molecule is CCN(CC)[C@H](CNC(=S)NC1CCCCC1)c1ccccc1. The molecule has 128 valence electrons. The minimum Gasteiger partial charge on any atom is -0.361 e. The summed E-state index contributed by atoms with van der Waals surface area (Å²) < 4.78 is 0. The van der Waals surface area contributed by atoms with Gasteiger partial charge in [-0.25, -0.2) is 0 Å². The molecule has 1 aliphatic rings. The molecule has 0 spiro atoms. The maximum absolute atomic E-state index is 5.52. The molecule has 0 aromatic heterocycles. The van der Waals surface area contributed by atoms with Crippen molar-refractivity contribution < 1.29 is 0 Å². The number of benzene rings is 1. The van der Waals surface area contributed by atoms with Gasteiger partial charge in [-0.2, -0.15) is 0 Å². The van der Waals surface area contributed by atoms with Crippen molar-refractivity contribution in [2.24, 2.45) is 0 Å². The van der Waals surface area contributed by atoms with Crippen molar-refractivity contribution in [1.29, 1.82) is 0 Å². The van der Waals surface area contributed by atoms with Gasteiger partial charge in [0.15, 0.2) is 5.11 Å². The summed E-state index contributed by atoms with van der Waals surface area (Å²) in [4.78, 5) is 2.48. The molecule has 0 bridgehead atoms. The highest BCUT2D eigenvalue weighted by atomic mass is 32.1. The molecular formula is C19H31N3S. The van der Waals surface area contributed by atoms with Crippen molar-refractivity contribution in [1.82, 2.24) is 15.5 Å². The van der Waals surface area contributed by atoms with E-state index in [2.05, 4.69) is 59.7 Å². The molecule has 0 saturated heterocycles. The van der Waals surface area contributed by atoms with Gasteiger partial charge in [-0.3, -0.25) is 4.90 Å². The van der Waals surface area contributed by atoms with E-state index in [9.17, 15) is 0 Å². The molecule has 1 aromatic rings. The standard InChI is InChI=1S/C19H31N3S/c1-3-22(4-2)18(16-11-7-5-8-12-16)15-20-19(23)21-17-13-9-6-10-14-17/h5,7-8,11-12,17-18H,3-4,6,9-10,13-15H2,1-2H3,(H2,20,21,23)/t18-/m1/s1. The quantitative estimate of drug-likeness (QED) is 0.741. The van der Waals surface area contributed by atoms with Gasteiger partial charge in [-0.05, 0) is 43.7 Å². The Labute approximate surface area is 146 Å². The molecule has 0 amide bonds. The minimum atomic E-state index is 0.359. The van der Waals surface area contributed by atoms with Crippen molar-refractivity contribution in [3.63, 3.8) is 0 Å². The summed E-state index contributed by atoms with van der Waals surface area (Å²) in [5, 5.41) is 7.77. The van der Waals surface area contributed by atoms with Gasteiger partial charge in [0.2, 0.25) is 0 Å². The van der Waals surface area contributed by atoms with Crippen LogP contribution in [0.2, 0.25) is 0 Å². The summed E-state index contributed by atoms with van der Waals surface area (Å²) in [6, 6.07) is 11.6. The zero-order valence-electron chi connectivity index (χ0n) is 14.6. The van der Waals surface area contributed by atoms with Crippen LogP contribution in [0.15, 0.2) is 30.3 Å². The van der Waals surface area contributed by atoms with E-state index in [1.807, 2.05) is 0 Å². The third-order valence-corrected chi connectivity index (χ3v) is 5.10. The van der Waals surface area contributed by atoms with E-state index in [1.165, 1.54) is 37.7 Å². The van der Waals surface area contributed by atoms with Crippen molar-refractivity contribution in [3.05, 3.63) is 35.9 Å². The normalized spacial score (nSPS) is 17.0. The molecule has 1 fully saturated rings. The molecule has 0 heterocycles. The lowest BCUT2D eigenvalue weighted by molar-refractivity contribution is 0.219. The number of rotatable bonds is 7. The zero-order chi connectivity index (χ0) is 16.5. The summed E-state index contributed by atoms with van der Waals surface area (Å²) in [7, 11) is 0. The smallest absolute Gasteiger partial charge is 0.166 e. The van der Waals surface area contributed by atoms with Crippen LogP contribution in [0, 0.1) is 0 Å². The van der Waals surface area contributed by atoms with E-state index >= 15 is 0 Å². The summed E-state index contributed by atoms with van der Waals surface area (Å²) in [5.41, 5.74) is 1.35. The van der Waals surface area contributed by atoms with Crippen LogP contribution in [-0.4, -0.2) is 35.7 Å². The number of hydrogen-bond acceptors (Lipinski definition) is 2. The lowest BCUT2D eigenvalue weighted by atomic mass is 9.96. The monoisotopic (exact) mass is 333 g/mol. The molecule has 0 radical (unpaired) electrons. The van der Waals surface area contributed by atoms with Crippen LogP contribution in [0.25, 0.3) is 0 Å². The van der Waals surface area contributed by atoms with Crippen LogP contribution >= 0.6 is 12.2 Å². The molecule has 2 N–H and O–H groups in total. The fourth-order valence-electron chi connectivity index (χ4n) is 3.47. The Bertz CT molecular complexity index is 453. The molecule has 1 aliphatic carbocycles. The Morgan fingerprint density at radius 3 is 2.39 bits per heavy atom. The van der Waals surface area contributed by atoms with Crippen LogP contribution < -0.4 is 10.6 Å². The van der Waals surface area contributed by atoms with E-state index in [0.29, 0.717) is 12.1 Å². The summed E-state index contributed by atoms with van der Waals surface area (Å²) >= 11 is 5.52. The van der Waals surface area contributed by atoms with E-state index < -0.39 is 0 Å². The first-order chi connectivity index (χ1) is 11.2. The Hall–Kier alpha value is -1.13. The van der Waals surface area contributed by atoms with Gasteiger partial charge in [-0.15, -0.1) is 0 Å². The largest absolute Gasteiger partial charge is 0.361 e. The molecular weight excluding hydrogens is 302 g/mol. The van der Waals surface area contributed by atoms with Gasteiger partial charge in [0.05, 0.1) is 6.04 Å². The Balaban J connectivity index is 1.91. The Kier molecular flexibility index (Phi) is 7.83. The van der Waals surface area contributed by atoms with E-state index in [1.54, 1.807) is 0 Å². The van der Waals surface area contributed by atoms with Gasteiger partial charge in [0.25, 0.3) is 0 Å². The predicted molar refractivity (Wildman–Crippen MR) is 103 cm³/mol.